The number of thiophene rings is 1. The van der Waals surface area contributed by atoms with E-state index in [9.17, 15) is 23.3 Å². The van der Waals surface area contributed by atoms with E-state index >= 15 is 0 Å². The van der Waals surface area contributed by atoms with Gasteiger partial charge in [-0.25, -0.2) is 19.5 Å². The molecule has 0 bridgehead atoms. The molecule has 170 valence electrons. The molecule has 33 heavy (non-hydrogen) atoms. The molecular formula is C18H13F3N8O3S. The van der Waals surface area contributed by atoms with Gasteiger partial charge >= 0.3 is 17.7 Å². The minimum Gasteiger partial charge on any atom is -0.475 e. The van der Waals surface area contributed by atoms with E-state index < -0.39 is 22.8 Å². The van der Waals surface area contributed by atoms with Crippen molar-refractivity contribution in [3.8, 4) is 5.88 Å². The van der Waals surface area contributed by atoms with Gasteiger partial charge in [-0.2, -0.15) is 13.2 Å². The van der Waals surface area contributed by atoms with Crippen LogP contribution in [-0.2, 0) is 6.18 Å². The molecule has 0 aromatic carbocycles. The lowest BCUT2D eigenvalue weighted by atomic mass is 10.1. The Morgan fingerprint density at radius 1 is 1.27 bits per heavy atom. The lowest BCUT2D eigenvalue weighted by Gasteiger charge is -2.06. The van der Waals surface area contributed by atoms with Crippen LogP contribution in [0, 0.1) is 17.0 Å². The third kappa shape index (κ3) is 3.23. The van der Waals surface area contributed by atoms with Gasteiger partial charge < -0.3 is 4.74 Å². The number of nitro groups is 1. The van der Waals surface area contributed by atoms with Gasteiger partial charge in [0.05, 0.1) is 17.5 Å². The van der Waals surface area contributed by atoms with Crippen molar-refractivity contribution in [2.75, 3.05) is 7.11 Å². The first-order chi connectivity index (χ1) is 15.6. The van der Waals surface area contributed by atoms with E-state index in [1.54, 1.807) is 13.8 Å². The topological polar surface area (TPSA) is 126 Å². The molecule has 0 fully saturated rings. The van der Waals surface area contributed by atoms with Crippen LogP contribution in [0.4, 0.5) is 18.9 Å². The molecule has 1 atom stereocenters. The molecule has 11 nitrogen and oxygen atoms in total. The summed E-state index contributed by atoms with van der Waals surface area (Å²) in [6.07, 6.45) is -1.94. The van der Waals surface area contributed by atoms with Gasteiger partial charge in [0.15, 0.2) is 11.5 Å². The maximum Gasteiger partial charge on any atom is 0.433 e. The number of pyridine rings is 1. The molecule has 0 aliphatic carbocycles. The van der Waals surface area contributed by atoms with Crippen LogP contribution < -0.4 is 4.74 Å². The Morgan fingerprint density at radius 2 is 2.03 bits per heavy atom. The Labute approximate surface area is 185 Å². The van der Waals surface area contributed by atoms with Gasteiger partial charge in [-0.15, -0.1) is 21.5 Å². The molecule has 5 rings (SSSR count). The summed E-state index contributed by atoms with van der Waals surface area (Å²) in [5, 5.41) is 20.2. The zero-order valence-electron chi connectivity index (χ0n) is 17.2. The van der Waals surface area contributed by atoms with Crippen molar-refractivity contribution in [3.05, 3.63) is 45.8 Å². The van der Waals surface area contributed by atoms with Gasteiger partial charge in [0.2, 0.25) is 0 Å². The van der Waals surface area contributed by atoms with Crippen molar-refractivity contribution in [1.82, 2.24) is 34.3 Å². The Bertz CT molecular complexity index is 1570. The van der Waals surface area contributed by atoms with Crippen molar-refractivity contribution < 1.29 is 22.8 Å². The number of nitrogens with zero attached hydrogens (tertiary/aromatic N) is 8. The Balaban J connectivity index is 1.66. The first-order valence-corrected chi connectivity index (χ1v) is 10.2. The fourth-order valence-corrected chi connectivity index (χ4v) is 4.68. The third-order valence-corrected chi connectivity index (χ3v) is 6.18. The van der Waals surface area contributed by atoms with Crippen molar-refractivity contribution >= 4 is 43.1 Å². The summed E-state index contributed by atoms with van der Waals surface area (Å²) in [5.41, 5.74) is -0.0149. The maximum atomic E-state index is 13.2. The molecule has 1 unspecified atom stereocenters. The van der Waals surface area contributed by atoms with Gasteiger partial charge in [-0.05, 0) is 25.5 Å². The van der Waals surface area contributed by atoms with Crippen molar-refractivity contribution in [2.24, 2.45) is 0 Å². The molecule has 0 amide bonds. The second-order valence-electron chi connectivity index (χ2n) is 7.20. The van der Waals surface area contributed by atoms with Crippen LogP contribution in [-0.4, -0.2) is 46.4 Å². The number of hydrogen-bond donors (Lipinski definition) is 0. The molecule has 0 aliphatic heterocycles. The molecule has 0 saturated carbocycles. The zero-order valence-corrected chi connectivity index (χ0v) is 18.0. The van der Waals surface area contributed by atoms with Crippen molar-refractivity contribution in [1.29, 1.82) is 0 Å². The van der Waals surface area contributed by atoms with Gasteiger partial charge in [-0.3, -0.25) is 14.8 Å². The quantitative estimate of drug-likeness (QED) is 0.281. The van der Waals surface area contributed by atoms with Crippen molar-refractivity contribution in [2.45, 2.75) is 26.1 Å². The highest BCUT2D eigenvalue weighted by molar-refractivity contribution is 7.26. The maximum absolute atomic E-state index is 13.2. The van der Waals surface area contributed by atoms with Crippen LogP contribution in [0.2, 0.25) is 0 Å². The lowest BCUT2D eigenvalue weighted by Crippen LogP contribution is -2.09. The molecular weight excluding hydrogens is 465 g/mol. The van der Waals surface area contributed by atoms with Crippen LogP contribution in [0.5, 0.6) is 5.88 Å². The summed E-state index contributed by atoms with van der Waals surface area (Å²) < 4.78 is 47.8. The van der Waals surface area contributed by atoms with Crippen LogP contribution in [0.25, 0.3) is 26.1 Å². The summed E-state index contributed by atoms with van der Waals surface area (Å²) in [6.45, 7) is 3.27. The number of alkyl halides is 3. The van der Waals surface area contributed by atoms with Gasteiger partial charge in [0.25, 0.3) is 0 Å². The number of ether oxygens (including phenoxy) is 1. The van der Waals surface area contributed by atoms with E-state index in [1.807, 2.05) is 0 Å². The molecule has 5 aromatic rings. The molecule has 0 aliphatic rings. The summed E-state index contributed by atoms with van der Waals surface area (Å²) in [5.74, 6) is 0.133. The molecule has 0 N–H and O–H groups in total. The number of aromatic nitrogens is 7. The minimum absolute atomic E-state index is 0.147. The van der Waals surface area contributed by atoms with E-state index in [4.69, 9.17) is 4.74 Å². The van der Waals surface area contributed by atoms with E-state index in [0.717, 1.165) is 17.4 Å². The van der Waals surface area contributed by atoms with Gasteiger partial charge in [0, 0.05) is 5.39 Å². The highest BCUT2D eigenvalue weighted by Gasteiger charge is 2.34. The standard InChI is InChI=1S/C18H13F3N8O3S/c1-7-4-10(18(19,20)21)23-17-11(7)12-13(33-17)15-24-14(25-28(15)6-22-12)8(2)27-5-9(29(30)31)16(26-27)32-3/h4-6,8H,1-3H3. The molecule has 0 saturated heterocycles. The second-order valence-corrected chi connectivity index (χ2v) is 8.20. The first-order valence-electron chi connectivity index (χ1n) is 9.38. The van der Waals surface area contributed by atoms with E-state index in [0.29, 0.717) is 26.8 Å². The van der Waals surface area contributed by atoms with E-state index in [2.05, 4.69) is 25.1 Å². The van der Waals surface area contributed by atoms with Crippen LogP contribution in [0.15, 0.2) is 18.6 Å². The Kier molecular flexibility index (Phi) is 4.49. The first kappa shape index (κ1) is 21.0. The number of aryl methyl sites for hydroxylation is 1. The predicted molar refractivity (Wildman–Crippen MR) is 110 cm³/mol. The van der Waals surface area contributed by atoms with Crippen LogP contribution in [0.3, 0.4) is 0 Å². The third-order valence-electron chi connectivity index (χ3n) is 5.11. The number of halogens is 3. The fraction of sp³-hybridized carbons (Fsp3) is 0.278. The smallest absolute Gasteiger partial charge is 0.433 e. The summed E-state index contributed by atoms with van der Waals surface area (Å²) in [6, 6.07) is 0.393. The van der Waals surface area contributed by atoms with Crippen LogP contribution >= 0.6 is 11.3 Å². The molecule has 5 heterocycles. The highest BCUT2D eigenvalue weighted by Crippen LogP contribution is 2.38. The zero-order chi connectivity index (χ0) is 23.7. The van der Waals surface area contributed by atoms with E-state index in [-0.39, 0.29) is 22.2 Å². The molecule has 15 heteroatoms. The average molecular weight is 478 g/mol. The van der Waals surface area contributed by atoms with Gasteiger partial charge in [0.1, 0.15) is 33.8 Å². The SMILES string of the molecule is COc1nn(C(C)c2nc3c4sc5nc(C(F)(F)F)cc(C)c5c4ncn3n2)cc1[N+](=O)[O-]. The van der Waals surface area contributed by atoms with Crippen molar-refractivity contribution in [3.63, 3.8) is 0 Å². The Morgan fingerprint density at radius 3 is 2.67 bits per heavy atom. The summed E-state index contributed by atoms with van der Waals surface area (Å²) >= 11 is 1.04. The average Bonchev–Trinajstić information content (AvgIpc) is 3.46. The molecule has 0 spiro atoms. The molecule has 0 radical (unpaired) electrons. The minimum atomic E-state index is -4.57. The lowest BCUT2D eigenvalue weighted by molar-refractivity contribution is -0.385. The van der Waals surface area contributed by atoms with Gasteiger partial charge in [-0.1, -0.05) is 0 Å². The monoisotopic (exact) mass is 478 g/mol. The van der Waals surface area contributed by atoms with E-state index in [1.165, 1.54) is 28.8 Å². The molecule has 5 aromatic heterocycles. The predicted octanol–water partition coefficient (Wildman–Crippen LogP) is 3.94. The van der Waals surface area contributed by atoms with Crippen LogP contribution in [0.1, 0.15) is 30.0 Å². The number of rotatable bonds is 4. The largest absolute Gasteiger partial charge is 0.475 e. The normalized spacial score (nSPS) is 13.3. The number of fused-ring (bicyclic) bond motifs is 5. The highest BCUT2D eigenvalue weighted by atomic mass is 32.1. The number of hydrogen-bond acceptors (Lipinski definition) is 9. The number of methoxy groups -OCH3 is 1. The fourth-order valence-electron chi connectivity index (χ4n) is 3.50. The Hall–Kier alpha value is -3.88. The summed E-state index contributed by atoms with van der Waals surface area (Å²) in [7, 11) is 1.28. The summed E-state index contributed by atoms with van der Waals surface area (Å²) in [4.78, 5) is 23.5. The second kappa shape index (κ2) is 7.06.